The van der Waals surface area contributed by atoms with Crippen molar-refractivity contribution in [3.8, 4) is 5.75 Å². The van der Waals surface area contributed by atoms with Gasteiger partial charge in [0.15, 0.2) is 0 Å². The van der Waals surface area contributed by atoms with Gasteiger partial charge in [-0.3, -0.25) is 9.59 Å². The molecule has 0 spiro atoms. The van der Waals surface area contributed by atoms with Crippen molar-refractivity contribution >= 4 is 17.5 Å². The van der Waals surface area contributed by atoms with Crippen molar-refractivity contribution in [3.05, 3.63) is 24.3 Å². The molecule has 6 nitrogen and oxygen atoms in total. The van der Waals surface area contributed by atoms with Gasteiger partial charge in [0.1, 0.15) is 5.75 Å². The van der Waals surface area contributed by atoms with Gasteiger partial charge in [-0.05, 0) is 25.0 Å². The van der Waals surface area contributed by atoms with Crippen LogP contribution in [0.3, 0.4) is 0 Å². The van der Waals surface area contributed by atoms with E-state index in [9.17, 15) is 9.59 Å². The van der Waals surface area contributed by atoms with Crippen LogP contribution in [0.5, 0.6) is 5.75 Å². The smallest absolute Gasteiger partial charge is 0.313 e. The molecule has 20 heavy (non-hydrogen) atoms. The van der Waals surface area contributed by atoms with Gasteiger partial charge in [-0.1, -0.05) is 12.1 Å². The number of hydrogen-bond donors (Lipinski definition) is 2. The first-order valence-corrected chi connectivity index (χ1v) is 6.54. The Bertz CT molecular complexity index is 484. The molecule has 6 heteroatoms. The molecule has 0 aromatic heterocycles. The highest BCUT2D eigenvalue weighted by molar-refractivity contribution is 6.39. The Hall–Kier alpha value is -2.08. The number of amides is 2. The second-order valence-electron chi connectivity index (χ2n) is 4.50. The number of ether oxygens (including phenoxy) is 2. The van der Waals surface area contributed by atoms with Crippen molar-refractivity contribution in [2.24, 2.45) is 0 Å². The number of benzene rings is 1. The average Bonchev–Trinajstić information content (AvgIpc) is 2.98. The Balaban J connectivity index is 1.85. The molecule has 1 saturated heterocycles. The van der Waals surface area contributed by atoms with Crippen LogP contribution in [-0.4, -0.2) is 38.2 Å². The van der Waals surface area contributed by atoms with E-state index in [2.05, 4.69) is 10.6 Å². The summed E-state index contributed by atoms with van der Waals surface area (Å²) in [5, 5.41) is 5.09. The first-order chi connectivity index (χ1) is 9.70. The molecule has 0 aliphatic carbocycles. The van der Waals surface area contributed by atoms with Crippen molar-refractivity contribution in [2.75, 3.05) is 25.6 Å². The lowest BCUT2D eigenvalue weighted by atomic mass is 10.2. The molecule has 1 heterocycles. The molecule has 2 N–H and O–H groups in total. The summed E-state index contributed by atoms with van der Waals surface area (Å²) in [6, 6.07) is 6.92. The number of anilines is 1. The Morgan fingerprint density at radius 3 is 2.85 bits per heavy atom. The fourth-order valence-corrected chi connectivity index (χ4v) is 2.02. The van der Waals surface area contributed by atoms with E-state index in [0.29, 0.717) is 24.6 Å². The van der Waals surface area contributed by atoms with E-state index in [0.717, 1.165) is 12.8 Å². The molecule has 2 rings (SSSR count). The zero-order valence-electron chi connectivity index (χ0n) is 11.3. The van der Waals surface area contributed by atoms with Crippen LogP contribution in [0.25, 0.3) is 0 Å². The zero-order chi connectivity index (χ0) is 14.4. The molecule has 1 aliphatic rings. The summed E-state index contributed by atoms with van der Waals surface area (Å²) in [7, 11) is 1.50. The van der Waals surface area contributed by atoms with E-state index in [1.165, 1.54) is 7.11 Å². The van der Waals surface area contributed by atoms with Gasteiger partial charge < -0.3 is 20.1 Å². The summed E-state index contributed by atoms with van der Waals surface area (Å²) >= 11 is 0. The van der Waals surface area contributed by atoms with Crippen LogP contribution in [0.4, 0.5) is 5.69 Å². The second-order valence-corrected chi connectivity index (χ2v) is 4.50. The largest absolute Gasteiger partial charge is 0.495 e. The van der Waals surface area contributed by atoms with Crippen LogP contribution in [0.1, 0.15) is 12.8 Å². The van der Waals surface area contributed by atoms with Crippen molar-refractivity contribution in [1.29, 1.82) is 0 Å². The molecular weight excluding hydrogens is 260 g/mol. The van der Waals surface area contributed by atoms with E-state index in [4.69, 9.17) is 9.47 Å². The SMILES string of the molecule is COc1ccccc1NC(=O)C(=O)NC[C@@H]1CCCO1. The third-order valence-corrected chi connectivity index (χ3v) is 3.08. The highest BCUT2D eigenvalue weighted by atomic mass is 16.5. The van der Waals surface area contributed by atoms with Crippen LogP contribution >= 0.6 is 0 Å². The molecule has 1 fully saturated rings. The maximum Gasteiger partial charge on any atom is 0.313 e. The molecule has 1 aromatic carbocycles. The number of nitrogens with one attached hydrogen (secondary N) is 2. The van der Waals surface area contributed by atoms with Crippen LogP contribution in [0.15, 0.2) is 24.3 Å². The fourth-order valence-electron chi connectivity index (χ4n) is 2.02. The average molecular weight is 278 g/mol. The van der Waals surface area contributed by atoms with Gasteiger partial charge in [0.25, 0.3) is 0 Å². The summed E-state index contributed by atoms with van der Waals surface area (Å²) in [6.45, 7) is 1.08. The quantitative estimate of drug-likeness (QED) is 0.803. The number of rotatable bonds is 4. The van der Waals surface area contributed by atoms with Gasteiger partial charge in [0, 0.05) is 13.2 Å². The fraction of sp³-hybridized carbons (Fsp3) is 0.429. The standard InChI is InChI=1S/C14H18N2O4/c1-19-12-7-3-2-6-11(12)16-14(18)13(17)15-9-10-5-4-8-20-10/h2-3,6-7,10H,4-5,8-9H2,1H3,(H,15,17)(H,16,18)/t10-/m0/s1. The summed E-state index contributed by atoms with van der Waals surface area (Å²) in [6.07, 6.45) is 1.92. The molecule has 2 amide bonds. The normalized spacial score (nSPS) is 17.6. The van der Waals surface area contributed by atoms with Gasteiger partial charge in [0.2, 0.25) is 0 Å². The lowest BCUT2D eigenvalue weighted by molar-refractivity contribution is -0.136. The van der Waals surface area contributed by atoms with Crippen molar-refractivity contribution in [1.82, 2.24) is 5.32 Å². The van der Waals surface area contributed by atoms with Crippen LogP contribution in [-0.2, 0) is 14.3 Å². The molecular formula is C14H18N2O4. The minimum Gasteiger partial charge on any atom is -0.495 e. The van der Waals surface area contributed by atoms with Gasteiger partial charge in [-0.2, -0.15) is 0 Å². The number of hydrogen-bond acceptors (Lipinski definition) is 4. The highest BCUT2D eigenvalue weighted by Crippen LogP contribution is 2.22. The summed E-state index contributed by atoms with van der Waals surface area (Å²) in [5.74, 6) is -0.883. The van der Waals surface area contributed by atoms with E-state index < -0.39 is 11.8 Å². The number of carbonyl (C=O) groups is 2. The predicted octanol–water partition coefficient (Wildman–Crippen LogP) is 0.929. The van der Waals surface area contributed by atoms with Gasteiger partial charge in [-0.25, -0.2) is 0 Å². The van der Waals surface area contributed by atoms with E-state index in [1.54, 1.807) is 24.3 Å². The molecule has 1 aromatic rings. The monoisotopic (exact) mass is 278 g/mol. The molecule has 0 radical (unpaired) electrons. The van der Waals surface area contributed by atoms with Crippen molar-refractivity contribution in [3.63, 3.8) is 0 Å². The topological polar surface area (TPSA) is 76.7 Å². The maximum absolute atomic E-state index is 11.8. The summed E-state index contributed by atoms with van der Waals surface area (Å²) in [4.78, 5) is 23.5. The molecule has 0 bridgehead atoms. The molecule has 108 valence electrons. The number of carbonyl (C=O) groups excluding carboxylic acids is 2. The maximum atomic E-state index is 11.8. The predicted molar refractivity (Wildman–Crippen MR) is 73.6 cm³/mol. The first-order valence-electron chi connectivity index (χ1n) is 6.54. The third kappa shape index (κ3) is 3.71. The van der Waals surface area contributed by atoms with Gasteiger partial charge in [-0.15, -0.1) is 0 Å². The Kier molecular flexibility index (Phi) is 4.95. The van der Waals surface area contributed by atoms with E-state index in [-0.39, 0.29) is 6.10 Å². The van der Waals surface area contributed by atoms with Gasteiger partial charge >= 0.3 is 11.8 Å². The van der Waals surface area contributed by atoms with E-state index in [1.807, 2.05) is 0 Å². The summed E-state index contributed by atoms with van der Waals surface area (Å²) in [5.41, 5.74) is 0.465. The Labute approximate surface area is 117 Å². The minimum absolute atomic E-state index is 0.0120. The van der Waals surface area contributed by atoms with Crippen LogP contribution in [0, 0.1) is 0 Å². The van der Waals surface area contributed by atoms with Crippen molar-refractivity contribution in [2.45, 2.75) is 18.9 Å². The van der Waals surface area contributed by atoms with Crippen LogP contribution < -0.4 is 15.4 Å². The minimum atomic E-state index is -0.715. The van der Waals surface area contributed by atoms with E-state index >= 15 is 0 Å². The molecule has 1 aliphatic heterocycles. The van der Waals surface area contributed by atoms with Crippen LogP contribution in [0.2, 0.25) is 0 Å². The van der Waals surface area contributed by atoms with Gasteiger partial charge in [0.05, 0.1) is 18.9 Å². The lowest BCUT2D eigenvalue weighted by Crippen LogP contribution is -2.39. The number of methoxy groups -OCH3 is 1. The van der Waals surface area contributed by atoms with Crippen molar-refractivity contribution < 1.29 is 19.1 Å². The lowest BCUT2D eigenvalue weighted by Gasteiger charge is -2.12. The molecule has 1 atom stereocenters. The molecule has 0 saturated carbocycles. The number of para-hydroxylation sites is 2. The Morgan fingerprint density at radius 1 is 1.35 bits per heavy atom. The summed E-state index contributed by atoms with van der Waals surface area (Å²) < 4.78 is 10.5. The Morgan fingerprint density at radius 2 is 2.15 bits per heavy atom. The molecule has 0 unspecified atom stereocenters. The highest BCUT2D eigenvalue weighted by Gasteiger charge is 2.19. The second kappa shape index (κ2) is 6.91. The first kappa shape index (κ1) is 14.3. The zero-order valence-corrected chi connectivity index (χ0v) is 11.3. The third-order valence-electron chi connectivity index (χ3n) is 3.08.